The molecule has 0 bridgehead atoms. The zero-order valence-corrected chi connectivity index (χ0v) is 9.98. The molecular weight excluding hydrogens is 211 g/mol. The third-order valence-electron chi connectivity index (χ3n) is 4.01. The van der Waals surface area contributed by atoms with Crippen LogP contribution in [0.1, 0.15) is 6.92 Å². The Morgan fingerprint density at radius 1 is 1.53 bits per heavy atom. The van der Waals surface area contributed by atoms with Crippen LogP contribution in [0.4, 0.5) is 0 Å². The summed E-state index contributed by atoms with van der Waals surface area (Å²) in [7, 11) is 0. The molecule has 17 heavy (non-hydrogen) atoms. The zero-order valence-electron chi connectivity index (χ0n) is 9.98. The van der Waals surface area contributed by atoms with Gasteiger partial charge in [0.1, 0.15) is 0 Å². The highest BCUT2D eigenvalue weighted by atomic mass is 15.1. The van der Waals surface area contributed by atoms with Crippen molar-refractivity contribution in [3.8, 4) is 0 Å². The second kappa shape index (κ2) is 3.58. The van der Waals surface area contributed by atoms with E-state index in [0.717, 1.165) is 23.5 Å². The van der Waals surface area contributed by atoms with E-state index in [1.807, 2.05) is 13.1 Å². The van der Waals surface area contributed by atoms with Crippen LogP contribution in [0.5, 0.6) is 0 Å². The molecule has 1 saturated heterocycles. The highest BCUT2D eigenvalue weighted by molar-refractivity contribution is 6.74. The van der Waals surface area contributed by atoms with Crippen LogP contribution >= 0.6 is 0 Å². The summed E-state index contributed by atoms with van der Waals surface area (Å²) in [6.07, 6.45) is 3.76. The molecule has 0 amide bonds. The summed E-state index contributed by atoms with van der Waals surface area (Å²) < 4.78 is 0. The number of benzene rings is 1. The average Bonchev–Trinajstić information content (AvgIpc) is 2.83. The van der Waals surface area contributed by atoms with Crippen LogP contribution in [-0.2, 0) is 0 Å². The number of nitrogens with two attached hydrogens (primary N) is 2. The summed E-state index contributed by atoms with van der Waals surface area (Å²) in [6, 6.07) is 6.52. The molecule has 2 heterocycles. The standard InChI is InChI=1S/C12H17BN4/c1-12(15)7-13(5-11(12)14)9-3-2-8-6-16-17-10(8)4-9/h2-4,6,11H,5,7,14-15H2,1H3,(H,16,17). The van der Waals surface area contributed by atoms with Gasteiger partial charge >= 0.3 is 0 Å². The predicted molar refractivity (Wildman–Crippen MR) is 71.7 cm³/mol. The van der Waals surface area contributed by atoms with Crippen molar-refractivity contribution in [1.29, 1.82) is 0 Å². The summed E-state index contributed by atoms with van der Waals surface area (Å²) in [5.41, 5.74) is 14.4. The summed E-state index contributed by atoms with van der Waals surface area (Å²) in [5.74, 6) is 0. The number of aromatic nitrogens is 2. The minimum atomic E-state index is -0.242. The van der Waals surface area contributed by atoms with E-state index in [1.165, 1.54) is 5.46 Å². The first-order valence-corrected chi connectivity index (χ1v) is 6.04. The molecule has 0 aliphatic carbocycles. The van der Waals surface area contributed by atoms with Crippen molar-refractivity contribution in [3.05, 3.63) is 24.4 Å². The van der Waals surface area contributed by atoms with E-state index in [1.54, 1.807) is 0 Å². The molecule has 1 aromatic heterocycles. The molecule has 1 aliphatic rings. The number of H-pyrrole nitrogens is 1. The molecule has 4 nitrogen and oxygen atoms in total. The van der Waals surface area contributed by atoms with E-state index >= 15 is 0 Å². The van der Waals surface area contributed by atoms with Crippen LogP contribution in [0.3, 0.4) is 0 Å². The van der Waals surface area contributed by atoms with Gasteiger partial charge < -0.3 is 11.5 Å². The molecule has 5 heteroatoms. The smallest absolute Gasteiger partial charge is 0.179 e. The topological polar surface area (TPSA) is 80.7 Å². The maximum atomic E-state index is 6.20. The lowest BCUT2D eigenvalue weighted by Crippen LogP contribution is -2.48. The number of aromatic amines is 1. The van der Waals surface area contributed by atoms with Gasteiger partial charge in [-0.25, -0.2) is 0 Å². The van der Waals surface area contributed by atoms with Crippen LogP contribution in [0.25, 0.3) is 10.9 Å². The van der Waals surface area contributed by atoms with Gasteiger partial charge in [0.25, 0.3) is 0 Å². The molecular formula is C12H17BN4. The maximum absolute atomic E-state index is 6.20. The Hall–Kier alpha value is -1.33. The van der Waals surface area contributed by atoms with Crippen molar-refractivity contribution in [2.45, 2.75) is 31.1 Å². The fourth-order valence-electron chi connectivity index (χ4n) is 2.80. The molecule has 1 aliphatic heterocycles. The van der Waals surface area contributed by atoms with E-state index in [-0.39, 0.29) is 11.6 Å². The van der Waals surface area contributed by atoms with E-state index < -0.39 is 0 Å². The van der Waals surface area contributed by atoms with Gasteiger partial charge in [-0.05, 0) is 13.0 Å². The quantitative estimate of drug-likeness (QED) is 0.615. The number of rotatable bonds is 1. The molecule has 2 aromatic rings. The van der Waals surface area contributed by atoms with E-state index in [0.29, 0.717) is 6.71 Å². The maximum Gasteiger partial charge on any atom is 0.179 e. The highest BCUT2D eigenvalue weighted by Gasteiger charge is 2.41. The lowest BCUT2D eigenvalue weighted by Gasteiger charge is -2.23. The second-order valence-corrected chi connectivity index (χ2v) is 5.47. The third-order valence-corrected chi connectivity index (χ3v) is 4.01. The van der Waals surface area contributed by atoms with Crippen molar-refractivity contribution < 1.29 is 0 Å². The van der Waals surface area contributed by atoms with E-state index in [2.05, 4.69) is 28.4 Å². The molecule has 88 valence electrons. The lowest BCUT2D eigenvalue weighted by molar-refractivity contribution is 0.457. The number of nitrogens with one attached hydrogen (secondary N) is 1. The second-order valence-electron chi connectivity index (χ2n) is 5.47. The first-order valence-electron chi connectivity index (χ1n) is 6.04. The Kier molecular flexibility index (Phi) is 2.28. The first-order chi connectivity index (χ1) is 8.06. The predicted octanol–water partition coefficient (Wildman–Crippen LogP) is 0.323. The lowest BCUT2D eigenvalue weighted by atomic mass is 9.43. The van der Waals surface area contributed by atoms with Gasteiger partial charge in [-0.2, -0.15) is 5.10 Å². The zero-order chi connectivity index (χ0) is 12.0. The van der Waals surface area contributed by atoms with Crippen LogP contribution in [0.15, 0.2) is 24.4 Å². The van der Waals surface area contributed by atoms with Gasteiger partial charge in [-0.1, -0.05) is 30.2 Å². The van der Waals surface area contributed by atoms with Gasteiger partial charge in [0.05, 0.1) is 11.7 Å². The van der Waals surface area contributed by atoms with Crippen molar-refractivity contribution >= 4 is 23.1 Å². The molecule has 3 rings (SSSR count). The number of nitrogens with zero attached hydrogens (tertiary/aromatic N) is 1. The van der Waals surface area contributed by atoms with Gasteiger partial charge in [-0.15, -0.1) is 0 Å². The van der Waals surface area contributed by atoms with Crippen molar-refractivity contribution in [2.75, 3.05) is 0 Å². The van der Waals surface area contributed by atoms with Crippen LogP contribution in [0, 0.1) is 0 Å². The molecule has 0 spiro atoms. The Labute approximate surface area is 101 Å². The Morgan fingerprint density at radius 2 is 2.35 bits per heavy atom. The average molecular weight is 228 g/mol. The Morgan fingerprint density at radius 3 is 3.06 bits per heavy atom. The van der Waals surface area contributed by atoms with E-state index in [9.17, 15) is 0 Å². The molecule has 1 aromatic carbocycles. The van der Waals surface area contributed by atoms with Gasteiger partial charge in [0.2, 0.25) is 0 Å². The van der Waals surface area contributed by atoms with Gasteiger partial charge in [-0.3, -0.25) is 5.10 Å². The molecule has 0 radical (unpaired) electrons. The van der Waals surface area contributed by atoms with Crippen LogP contribution in [0.2, 0.25) is 12.6 Å². The summed E-state index contributed by atoms with van der Waals surface area (Å²) in [5, 5.41) is 8.19. The third kappa shape index (κ3) is 1.75. The minimum Gasteiger partial charge on any atom is -0.327 e. The molecule has 2 atom stereocenters. The molecule has 2 unspecified atom stereocenters. The minimum absolute atomic E-state index is 0.0879. The Balaban J connectivity index is 1.94. The fourth-order valence-corrected chi connectivity index (χ4v) is 2.80. The SMILES string of the molecule is CC1(N)CB(c2ccc3cn[nH]c3c2)CC1N. The molecule has 1 fully saturated rings. The Bertz CT molecular complexity index is 548. The summed E-state index contributed by atoms with van der Waals surface area (Å²) in [6.45, 7) is 2.51. The van der Waals surface area contributed by atoms with Crippen molar-refractivity contribution in [3.63, 3.8) is 0 Å². The van der Waals surface area contributed by atoms with Crippen LogP contribution < -0.4 is 16.9 Å². The number of hydrogen-bond donors (Lipinski definition) is 3. The molecule has 5 N–H and O–H groups in total. The number of fused-ring (bicyclic) bond motifs is 1. The summed E-state index contributed by atoms with van der Waals surface area (Å²) in [4.78, 5) is 0. The number of hydrogen-bond acceptors (Lipinski definition) is 3. The van der Waals surface area contributed by atoms with Crippen molar-refractivity contribution in [2.24, 2.45) is 11.5 Å². The summed E-state index contributed by atoms with van der Waals surface area (Å²) >= 11 is 0. The van der Waals surface area contributed by atoms with Gasteiger partial charge in [0, 0.05) is 17.0 Å². The fraction of sp³-hybridized carbons (Fsp3) is 0.417. The molecule has 0 saturated carbocycles. The highest BCUT2D eigenvalue weighted by Crippen LogP contribution is 2.27. The van der Waals surface area contributed by atoms with E-state index in [4.69, 9.17) is 11.5 Å². The van der Waals surface area contributed by atoms with Crippen LogP contribution in [-0.4, -0.2) is 28.5 Å². The monoisotopic (exact) mass is 228 g/mol. The first kappa shape index (κ1) is 10.8. The van der Waals surface area contributed by atoms with Gasteiger partial charge in [0.15, 0.2) is 6.71 Å². The largest absolute Gasteiger partial charge is 0.327 e. The van der Waals surface area contributed by atoms with Crippen molar-refractivity contribution in [1.82, 2.24) is 10.2 Å². The normalized spacial score (nSPS) is 29.1.